The van der Waals surface area contributed by atoms with Crippen molar-refractivity contribution in [1.29, 1.82) is 0 Å². The van der Waals surface area contributed by atoms with Crippen LogP contribution >= 0.6 is 0 Å². The maximum absolute atomic E-state index is 12.1. The van der Waals surface area contributed by atoms with E-state index < -0.39 is 17.9 Å². The summed E-state index contributed by atoms with van der Waals surface area (Å²) in [6.45, 7) is 4.74. The van der Waals surface area contributed by atoms with Crippen LogP contribution in [-0.4, -0.2) is 55.6 Å². The molecule has 12 heteroatoms. The van der Waals surface area contributed by atoms with Crippen molar-refractivity contribution < 1.29 is 57.2 Å². The molecule has 0 atom stereocenters. The van der Waals surface area contributed by atoms with Gasteiger partial charge in [0.15, 0.2) is 0 Å². The van der Waals surface area contributed by atoms with Gasteiger partial charge in [-0.3, -0.25) is 28.8 Å². The molecule has 1 aliphatic rings. The van der Waals surface area contributed by atoms with E-state index in [4.69, 9.17) is 28.4 Å². The summed E-state index contributed by atoms with van der Waals surface area (Å²) in [5.74, 6) is -1.05. The Hall–Kier alpha value is -4.74. The summed E-state index contributed by atoms with van der Waals surface area (Å²) in [6.07, 6.45) is 22.7. The molecule has 0 amide bonds. The average molecular weight is 715 g/mol. The lowest BCUT2D eigenvalue weighted by molar-refractivity contribution is -0.143. The normalized spacial score (nSPS) is 23.4. The lowest BCUT2D eigenvalue weighted by Gasteiger charge is -2.08. The quantitative estimate of drug-likeness (QED) is 0.210. The minimum Gasteiger partial charge on any atom is -0.465 e. The van der Waals surface area contributed by atoms with Gasteiger partial charge in [-0.05, 0) is 76.0 Å². The minimum absolute atomic E-state index is 0.0628. The van der Waals surface area contributed by atoms with E-state index in [1.807, 2.05) is 0 Å². The van der Waals surface area contributed by atoms with Crippen molar-refractivity contribution in [3.63, 3.8) is 0 Å². The zero-order valence-corrected chi connectivity index (χ0v) is 30.3. The smallest absolute Gasteiger partial charge is 0.309 e. The summed E-state index contributed by atoms with van der Waals surface area (Å²) in [6, 6.07) is 0. The molecule has 1 rings (SSSR count). The molecular weight excluding hydrogens is 660 g/mol. The molecule has 0 spiro atoms. The van der Waals surface area contributed by atoms with E-state index in [0.717, 1.165) is 19.3 Å². The molecule has 51 heavy (non-hydrogen) atoms. The fourth-order valence-corrected chi connectivity index (χ4v) is 4.55. The predicted molar refractivity (Wildman–Crippen MR) is 189 cm³/mol. The third-order valence-corrected chi connectivity index (χ3v) is 6.92. The summed E-state index contributed by atoms with van der Waals surface area (Å²) in [5.41, 5.74) is 0. The number of cyclic esters (lactones) is 3. The van der Waals surface area contributed by atoms with Crippen LogP contribution in [0.15, 0.2) is 72.0 Å². The number of hydrogen-bond acceptors (Lipinski definition) is 12. The second kappa shape index (κ2) is 29.0. The van der Waals surface area contributed by atoms with Gasteiger partial charge >= 0.3 is 35.8 Å². The van der Waals surface area contributed by atoms with E-state index in [0.29, 0.717) is 75.1 Å². The molecule has 0 aromatic carbocycles. The van der Waals surface area contributed by atoms with Gasteiger partial charge in [0.1, 0.15) is 17.3 Å². The fourth-order valence-electron chi connectivity index (χ4n) is 4.55. The van der Waals surface area contributed by atoms with Gasteiger partial charge in [-0.2, -0.15) is 0 Å². The molecular formula is C39H54O12. The van der Waals surface area contributed by atoms with Crippen molar-refractivity contribution in [3.8, 4) is 0 Å². The van der Waals surface area contributed by atoms with Gasteiger partial charge < -0.3 is 28.4 Å². The Labute approximate surface area is 301 Å². The number of rotatable bonds is 3. The van der Waals surface area contributed by atoms with Crippen molar-refractivity contribution in [2.75, 3.05) is 19.8 Å². The van der Waals surface area contributed by atoms with E-state index in [9.17, 15) is 28.8 Å². The van der Waals surface area contributed by atoms with Crippen molar-refractivity contribution in [3.05, 3.63) is 72.0 Å². The Balaban J connectivity index is 2.82. The van der Waals surface area contributed by atoms with Crippen LogP contribution in [0.1, 0.15) is 117 Å². The van der Waals surface area contributed by atoms with Crippen molar-refractivity contribution >= 4 is 35.8 Å². The van der Waals surface area contributed by atoms with Crippen molar-refractivity contribution in [2.45, 2.75) is 117 Å². The Morgan fingerprint density at radius 2 is 0.725 bits per heavy atom. The number of hydrogen-bond donors (Lipinski definition) is 0. The van der Waals surface area contributed by atoms with Crippen LogP contribution < -0.4 is 0 Å². The summed E-state index contributed by atoms with van der Waals surface area (Å²) >= 11 is 0. The Bertz CT molecular complexity index is 1140. The van der Waals surface area contributed by atoms with Gasteiger partial charge in [-0.1, -0.05) is 36.5 Å². The first-order chi connectivity index (χ1) is 24.5. The highest BCUT2D eigenvalue weighted by Crippen LogP contribution is 2.15. The topological polar surface area (TPSA) is 158 Å². The number of carbonyl (C=O) groups is 6. The molecule has 0 unspecified atom stereocenters. The maximum Gasteiger partial charge on any atom is 0.309 e. The number of esters is 6. The first kappa shape index (κ1) is 44.3. The predicted octanol–water partition coefficient (Wildman–Crippen LogP) is 7.49. The van der Waals surface area contributed by atoms with Crippen LogP contribution in [0, 0.1) is 0 Å². The Morgan fingerprint density at radius 3 is 0.980 bits per heavy atom. The molecule has 0 aliphatic carbocycles. The second-order valence-electron chi connectivity index (χ2n) is 11.7. The molecule has 1 heterocycles. The maximum atomic E-state index is 12.1. The van der Waals surface area contributed by atoms with E-state index in [2.05, 4.69) is 0 Å². The largest absolute Gasteiger partial charge is 0.465 e. The highest BCUT2D eigenvalue weighted by atomic mass is 16.6. The van der Waals surface area contributed by atoms with Gasteiger partial charge in [-0.25, -0.2) is 0 Å². The van der Waals surface area contributed by atoms with E-state index >= 15 is 0 Å². The molecule has 0 saturated carbocycles. The first-order valence-electron chi connectivity index (χ1n) is 17.6. The molecule has 0 bridgehead atoms. The lowest BCUT2D eigenvalue weighted by Crippen LogP contribution is -2.05. The van der Waals surface area contributed by atoms with E-state index in [1.165, 1.54) is 20.8 Å². The molecule has 12 nitrogen and oxygen atoms in total. The molecule has 0 fully saturated rings. The average Bonchev–Trinajstić information content (AvgIpc) is 3.06. The van der Waals surface area contributed by atoms with E-state index in [1.54, 1.807) is 54.7 Å². The van der Waals surface area contributed by atoms with Crippen LogP contribution in [0.4, 0.5) is 0 Å². The van der Waals surface area contributed by atoms with E-state index in [-0.39, 0.29) is 57.0 Å². The molecule has 0 aromatic rings. The van der Waals surface area contributed by atoms with Crippen LogP contribution in [-0.2, 0) is 57.2 Å². The highest BCUT2D eigenvalue weighted by molar-refractivity contribution is 5.72. The van der Waals surface area contributed by atoms with Gasteiger partial charge in [0.2, 0.25) is 0 Å². The van der Waals surface area contributed by atoms with Crippen LogP contribution in [0.2, 0.25) is 0 Å². The SMILES string of the molecule is CC(=O)O/C1=C/C=C\CC(=O)OCCCCC/C(OC(C)=O)=C\C=C/CC(=O)OCCCCC/C(OC(C)=O)=C\C=C/CC(=O)OCCCCC1. The van der Waals surface area contributed by atoms with Crippen LogP contribution in [0.3, 0.4) is 0 Å². The highest BCUT2D eigenvalue weighted by Gasteiger charge is 2.07. The summed E-state index contributed by atoms with van der Waals surface area (Å²) in [5, 5.41) is 0. The first-order valence-corrected chi connectivity index (χ1v) is 17.6. The Kier molecular flexibility index (Phi) is 25.2. The van der Waals surface area contributed by atoms with Gasteiger partial charge in [0, 0.05) is 40.0 Å². The lowest BCUT2D eigenvalue weighted by atomic mass is 10.1. The minimum atomic E-state index is -0.440. The zero-order chi connectivity index (χ0) is 37.5. The number of ether oxygens (including phenoxy) is 6. The van der Waals surface area contributed by atoms with Crippen LogP contribution in [0.25, 0.3) is 0 Å². The molecule has 282 valence electrons. The number of allylic oxidation sites excluding steroid dienone is 9. The van der Waals surface area contributed by atoms with Gasteiger partial charge in [-0.15, -0.1) is 0 Å². The van der Waals surface area contributed by atoms with Gasteiger partial charge in [0.25, 0.3) is 0 Å². The molecule has 1 aliphatic heterocycles. The monoisotopic (exact) mass is 714 g/mol. The van der Waals surface area contributed by atoms with Crippen LogP contribution in [0.5, 0.6) is 0 Å². The summed E-state index contributed by atoms with van der Waals surface area (Å²) < 4.78 is 31.7. The molecule has 0 saturated heterocycles. The Morgan fingerprint density at radius 1 is 0.451 bits per heavy atom. The summed E-state index contributed by atoms with van der Waals surface area (Å²) in [4.78, 5) is 70.9. The molecule has 0 radical (unpaired) electrons. The molecule has 0 aromatic heterocycles. The second-order valence-corrected chi connectivity index (χ2v) is 11.7. The van der Waals surface area contributed by atoms with Gasteiger partial charge in [0.05, 0.1) is 39.1 Å². The van der Waals surface area contributed by atoms with Crippen molar-refractivity contribution in [2.24, 2.45) is 0 Å². The standard InChI is InChI=1S/C39H54O12/c1-31(40)49-34-19-7-4-16-28-46-38(44)26-14-11-23-36(51-33(3)42)21-9-6-18-30-48-39(45)27-15-12-24-35(50-32(2)41)20-8-5-17-29-47-37(43)25-13-10-22-34/h10-15,22-24H,4-9,16-21,25-30H2,1-3H3/b13-10-,14-11-,15-12-,34-22+,35-24+,36-23+. The molecule has 0 N–H and O–H groups in total. The third kappa shape index (κ3) is 27.7. The summed E-state index contributed by atoms with van der Waals surface area (Å²) in [7, 11) is 0. The fraction of sp³-hybridized carbons (Fsp3) is 0.538. The number of carbonyl (C=O) groups excluding carboxylic acids is 6. The zero-order valence-electron chi connectivity index (χ0n) is 30.3. The van der Waals surface area contributed by atoms with Crippen molar-refractivity contribution in [1.82, 2.24) is 0 Å². The third-order valence-electron chi connectivity index (χ3n) is 6.92.